The van der Waals surface area contributed by atoms with Crippen LogP contribution in [-0.2, 0) is 0 Å². The topological polar surface area (TPSA) is 42.9 Å². The quantitative estimate of drug-likeness (QED) is 0.390. The highest BCUT2D eigenvalue weighted by Gasteiger charge is 2.23. The van der Waals surface area contributed by atoms with Gasteiger partial charge in [0.15, 0.2) is 0 Å². The first-order valence-electron chi connectivity index (χ1n) is 9.41. The van der Waals surface area contributed by atoms with E-state index in [2.05, 4.69) is 48.5 Å². The highest BCUT2D eigenvalue weighted by molar-refractivity contribution is 9.13. The molecule has 1 atom stereocenters. The Kier molecular flexibility index (Phi) is 6.21. The van der Waals surface area contributed by atoms with Gasteiger partial charge in [0.25, 0.3) is 0 Å². The first-order chi connectivity index (χ1) is 14.1. The third kappa shape index (κ3) is 4.65. The Labute approximate surface area is 187 Å². The molecule has 0 saturated heterocycles. The van der Waals surface area contributed by atoms with E-state index in [0.717, 1.165) is 43.9 Å². The molecule has 1 unspecified atom stereocenters. The van der Waals surface area contributed by atoms with Crippen molar-refractivity contribution in [3.63, 3.8) is 0 Å². The Morgan fingerprint density at radius 3 is 2.28 bits per heavy atom. The standard InChI is InChI=1S/C23H20Br2N2O2/c1-2-28-16-10-12-18(13-11-16)29-17-8-6-15(7-9-17)21-14-22(27-26-21)19-4-3-5-20(24)23(19)25/h3-13,22,27H,2,14H2,1H3. The molecule has 1 heterocycles. The number of nitrogens with one attached hydrogen (secondary N) is 1. The molecular formula is C23H20Br2N2O2. The molecule has 0 saturated carbocycles. The van der Waals surface area contributed by atoms with Crippen molar-refractivity contribution in [1.29, 1.82) is 0 Å². The first kappa shape index (κ1) is 20.0. The fourth-order valence-electron chi connectivity index (χ4n) is 3.21. The van der Waals surface area contributed by atoms with E-state index < -0.39 is 0 Å². The third-order valence-corrected chi connectivity index (χ3v) is 6.75. The number of nitrogens with zero attached hydrogens (tertiary/aromatic N) is 1. The molecule has 4 rings (SSSR count). The van der Waals surface area contributed by atoms with Crippen molar-refractivity contribution >= 4 is 37.6 Å². The number of hydrogen-bond donors (Lipinski definition) is 1. The van der Waals surface area contributed by atoms with Crippen molar-refractivity contribution in [2.24, 2.45) is 5.10 Å². The normalized spacial score (nSPS) is 15.6. The predicted octanol–water partition coefficient (Wildman–Crippen LogP) is 6.84. The molecule has 0 amide bonds. The second kappa shape index (κ2) is 9.01. The molecule has 1 aliphatic rings. The molecule has 4 nitrogen and oxygen atoms in total. The van der Waals surface area contributed by atoms with Crippen LogP contribution in [0.3, 0.4) is 0 Å². The lowest BCUT2D eigenvalue weighted by Gasteiger charge is -2.13. The van der Waals surface area contributed by atoms with E-state index in [1.807, 2.05) is 67.6 Å². The third-order valence-electron chi connectivity index (χ3n) is 4.67. The van der Waals surface area contributed by atoms with Crippen LogP contribution in [0.2, 0.25) is 0 Å². The zero-order valence-electron chi connectivity index (χ0n) is 15.9. The van der Waals surface area contributed by atoms with E-state index >= 15 is 0 Å². The smallest absolute Gasteiger partial charge is 0.127 e. The lowest BCUT2D eigenvalue weighted by Crippen LogP contribution is -2.10. The van der Waals surface area contributed by atoms with Crippen molar-refractivity contribution in [3.8, 4) is 17.2 Å². The van der Waals surface area contributed by atoms with Gasteiger partial charge in [-0.25, -0.2) is 0 Å². The van der Waals surface area contributed by atoms with Crippen LogP contribution in [0.15, 0.2) is 80.8 Å². The lowest BCUT2D eigenvalue weighted by atomic mass is 9.99. The Morgan fingerprint density at radius 2 is 1.59 bits per heavy atom. The fraction of sp³-hybridized carbons (Fsp3) is 0.174. The molecule has 0 radical (unpaired) electrons. The summed E-state index contributed by atoms with van der Waals surface area (Å²) in [6, 6.07) is 22.0. The van der Waals surface area contributed by atoms with Gasteiger partial charge in [-0.15, -0.1) is 0 Å². The maximum Gasteiger partial charge on any atom is 0.127 e. The first-order valence-corrected chi connectivity index (χ1v) is 11.0. The highest BCUT2D eigenvalue weighted by atomic mass is 79.9. The van der Waals surface area contributed by atoms with Crippen molar-refractivity contribution in [2.75, 3.05) is 6.61 Å². The molecule has 6 heteroatoms. The molecule has 1 N–H and O–H groups in total. The molecule has 0 bridgehead atoms. The maximum atomic E-state index is 5.93. The van der Waals surface area contributed by atoms with Gasteiger partial charge in [-0.3, -0.25) is 0 Å². The minimum atomic E-state index is 0.150. The van der Waals surface area contributed by atoms with Crippen LogP contribution in [0.1, 0.15) is 30.5 Å². The minimum Gasteiger partial charge on any atom is -0.494 e. The summed E-state index contributed by atoms with van der Waals surface area (Å²) in [4.78, 5) is 0. The Bertz CT molecular complexity index is 1020. The van der Waals surface area contributed by atoms with E-state index in [0.29, 0.717) is 6.61 Å². The number of hydrazone groups is 1. The molecular weight excluding hydrogens is 496 g/mol. The summed E-state index contributed by atoms with van der Waals surface area (Å²) in [5.41, 5.74) is 6.57. The van der Waals surface area contributed by atoms with E-state index in [9.17, 15) is 0 Å². The number of halogens is 2. The van der Waals surface area contributed by atoms with Crippen LogP contribution in [0.5, 0.6) is 17.2 Å². The summed E-state index contributed by atoms with van der Waals surface area (Å²) in [5.74, 6) is 2.41. The van der Waals surface area contributed by atoms with Crippen molar-refractivity contribution in [1.82, 2.24) is 5.43 Å². The lowest BCUT2D eigenvalue weighted by molar-refractivity contribution is 0.339. The van der Waals surface area contributed by atoms with E-state index in [1.165, 1.54) is 5.56 Å². The molecule has 1 aliphatic heterocycles. The summed E-state index contributed by atoms with van der Waals surface area (Å²) in [5, 5.41) is 4.55. The summed E-state index contributed by atoms with van der Waals surface area (Å²) in [7, 11) is 0. The average Bonchev–Trinajstić information content (AvgIpc) is 3.22. The number of benzene rings is 3. The minimum absolute atomic E-state index is 0.150. The average molecular weight is 516 g/mol. The van der Waals surface area contributed by atoms with E-state index in [1.54, 1.807) is 0 Å². The van der Waals surface area contributed by atoms with Crippen LogP contribution >= 0.6 is 31.9 Å². The van der Waals surface area contributed by atoms with Crippen LogP contribution in [0.25, 0.3) is 0 Å². The van der Waals surface area contributed by atoms with Crippen molar-refractivity contribution < 1.29 is 9.47 Å². The van der Waals surface area contributed by atoms with Gasteiger partial charge in [0, 0.05) is 15.4 Å². The maximum absolute atomic E-state index is 5.93. The number of rotatable bonds is 6. The largest absolute Gasteiger partial charge is 0.494 e. The van der Waals surface area contributed by atoms with Gasteiger partial charge in [-0.05, 0) is 105 Å². The van der Waals surface area contributed by atoms with Gasteiger partial charge in [0.05, 0.1) is 18.4 Å². The monoisotopic (exact) mass is 514 g/mol. The summed E-state index contributed by atoms with van der Waals surface area (Å²) in [6.45, 7) is 2.62. The van der Waals surface area contributed by atoms with Crippen LogP contribution in [-0.4, -0.2) is 12.3 Å². The zero-order valence-corrected chi connectivity index (χ0v) is 19.0. The van der Waals surface area contributed by atoms with Crippen LogP contribution < -0.4 is 14.9 Å². The molecule has 3 aromatic carbocycles. The molecule has 29 heavy (non-hydrogen) atoms. The molecule has 0 aliphatic carbocycles. The van der Waals surface area contributed by atoms with E-state index in [4.69, 9.17) is 9.47 Å². The van der Waals surface area contributed by atoms with Crippen molar-refractivity contribution in [2.45, 2.75) is 19.4 Å². The van der Waals surface area contributed by atoms with Gasteiger partial charge >= 0.3 is 0 Å². The van der Waals surface area contributed by atoms with E-state index in [-0.39, 0.29) is 6.04 Å². The van der Waals surface area contributed by atoms with Gasteiger partial charge < -0.3 is 14.9 Å². The second-order valence-electron chi connectivity index (χ2n) is 6.62. The zero-order chi connectivity index (χ0) is 20.2. The summed E-state index contributed by atoms with van der Waals surface area (Å²) >= 11 is 7.23. The van der Waals surface area contributed by atoms with Crippen LogP contribution in [0, 0.1) is 0 Å². The Morgan fingerprint density at radius 1 is 0.931 bits per heavy atom. The molecule has 3 aromatic rings. The summed E-state index contributed by atoms with van der Waals surface area (Å²) < 4.78 is 13.5. The molecule has 148 valence electrons. The van der Waals surface area contributed by atoms with Crippen LogP contribution in [0.4, 0.5) is 0 Å². The van der Waals surface area contributed by atoms with Gasteiger partial charge in [0.2, 0.25) is 0 Å². The number of ether oxygens (including phenoxy) is 2. The van der Waals surface area contributed by atoms with Gasteiger partial charge in [0.1, 0.15) is 17.2 Å². The highest BCUT2D eigenvalue weighted by Crippen LogP contribution is 2.34. The molecule has 0 spiro atoms. The molecule has 0 aromatic heterocycles. The second-order valence-corrected chi connectivity index (χ2v) is 8.27. The van der Waals surface area contributed by atoms with Gasteiger partial charge in [-0.2, -0.15) is 5.10 Å². The summed E-state index contributed by atoms with van der Waals surface area (Å²) in [6.07, 6.45) is 0.828. The predicted molar refractivity (Wildman–Crippen MR) is 123 cm³/mol. The molecule has 0 fully saturated rings. The Balaban J connectivity index is 1.41. The van der Waals surface area contributed by atoms with Gasteiger partial charge in [-0.1, -0.05) is 12.1 Å². The van der Waals surface area contributed by atoms with Crippen molar-refractivity contribution in [3.05, 3.63) is 86.8 Å². The number of hydrogen-bond acceptors (Lipinski definition) is 4. The Hall–Kier alpha value is -2.31. The SMILES string of the molecule is CCOc1ccc(Oc2ccc(C3=NNC(c4cccc(Br)c4Br)C3)cc2)cc1. The fourth-order valence-corrected chi connectivity index (χ4v) is 4.14.